The number of hydrogen-bond donors (Lipinski definition) is 0. The second-order valence-corrected chi connectivity index (χ2v) is 9.21. The van der Waals surface area contributed by atoms with Gasteiger partial charge in [0, 0.05) is 0 Å². The van der Waals surface area contributed by atoms with Gasteiger partial charge in [-0.25, -0.2) is 0 Å². The first-order valence-corrected chi connectivity index (χ1v) is 9.48. The Bertz CT molecular complexity index is 569. The fraction of sp³-hybridized carbons (Fsp3) is 0.0526. The molecule has 0 radical (unpaired) electrons. The maximum Gasteiger partial charge on any atom is -0.107 e. The quantitative estimate of drug-likeness (QED) is 0.457. The molecule has 0 saturated carbocycles. The van der Waals surface area contributed by atoms with Gasteiger partial charge < -0.3 is 0 Å². The second-order valence-electron chi connectivity index (χ2n) is 5.22. The average molecular weight is 406 g/mol. The van der Waals surface area contributed by atoms with Crippen molar-refractivity contribution in [2.45, 2.75) is 0 Å². The van der Waals surface area contributed by atoms with Crippen LogP contribution in [0.5, 0.6) is 0 Å². The normalized spacial score (nSPS) is 11.5. The van der Waals surface area contributed by atoms with Gasteiger partial charge in [0.05, 0.1) is 0 Å². The molecule has 0 spiro atoms. The zero-order valence-corrected chi connectivity index (χ0v) is 15.4. The third-order valence-electron chi connectivity index (χ3n) is 4.05. The van der Waals surface area contributed by atoms with Crippen molar-refractivity contribution in [2.24, 2.45) is 0 Å². The molecule has 0 aromatic heterocycles. The maximum atomic E-state index is 2.44. The van der Waals surface area contributed by atoms with Crippen molar-refractivity contribution >= 4 is 47.2 Å². The van der Waals surface area contributed by atoms with Crippen LogP contribution in [0, 0.1) is 0 Å². The van der Waals surface area contributed by atoms with Crippen molar-refractivity contribution in [3.63, 3.8) is 0 Å². The third-order valence-corrected chi connectivity index (χ3v) is 8.52. The topological polar surface area (TPSA) is 0 Å². The van der Waals surface area contributed by atoms with E-state index < -0.39 is 7.26 Å². The Hall–Kier alpha value is -1.18. The van der Waals surface area contributed by atoms with Crippen LogP contribution in [0.15, 0.2) is 91.0 Å². The molecule has 0 amide bonds. The Morgan fingerprint density at radius 2 is 0.714 bits per heavy atom. The van der Waals surface area contributed by atoms with Crippen LogP contribution in [0.3, 0.4) is 0 Å². The standard InChI is InChI=1S/C19H19P.HI/c1-20(17-11-5-2-6-12-17,18-13-7-3-8-14-18)19-15-9-4-10-16-19;/h2-16,20H,1H3;1H. The largest absolute Gasteiger partial charge is 0.107 e. The van der Waals surface area contributed by atoms with Gasteiger partial charge in [-0.1, -0.05) is 0 Å². The number of rotatable bonds is 3. The number of hydrogen-bond acceptors (Lipinski definition) is 0. The van der Waals surface area contributed by atoms with Gasteiger partial charge in [0.1, 0.15) is 0 Å². The third kappa shape index (κ3) is 3.20. The molecule has 0 unspecified atom stereocenters. The van der Waals surface area contributed by atoms with Crippen LogP contribution in [-0.4, -0.2) is 6.66 Å². The van der Waals surface area contributed by atoms with Crippen molar-refractivity contribution in [1.29, 1.82) is 0 Å². The summed E-state index contributed by atoms with van der Waals surface area (Å²) in [7, 11) is -1.88. The molecule has 0 heterocycles. The summed E-state index contributed by atoms with van der Waals surface area (Å²) in [6.07, 6.45) is 0. The minimum atomic E-state index is -1.88. The zero-order valence-electron chi connectivity index (χ0n) is 12.1. The monoisotopic (exact) mass is 406 g/mol. The van der Waals surface area contributed by atoms with E-state index in [1.165, 1.54) is 15.9 Å². The van der Waals surface area contributed by atoms with E-state index in [0.29, 0.717) is 0 Å². The molecule has 0 bridgehead atoms. The summed E-state index contributed by atoms with van der Waals surface area (Å²) in [5.74, 6) is 0. The molecule has 0 fully saturated rings. The molecule has 0 saturated heterocycles. The van der Waals surface area contributed by atoms with Crippen LogP contribution in [0.2, 0.25) is 0 Å². The van der Waals surface area contributed by atoms with Crippen molar-refractivity contribution in [3.05, 3.63) is 91.0 Å². The van der Waals surface area contributed by atoms with E-state index in [-0.39, 0.29) is 24.0 Å². The first-order chi connectivity index (χ1) is 9.82. The van der Waals surface area contributed by atoms with Crippen molar-refractivity contribution < 1.29 is 0 Å². The molecular weight excluding hydrogens is 386 g/mol. The van der Waals surface area contributed by atoms with E-state index in [0.717, 1.165) is 0 Å². The van der Waals surface area contributed by atoms with Crippen LogP contribution in [-0.2, 0) is 0 Å². The fourth-order valence-electron chi connectivity index (χ4n) is 2.81. The molecule has 0 nitrogen and oxygen atoms in total. The zero-order chi connectivity index (χ0) is 13.8. The van der Waals surface area contributed by atoms with Crippen molar-refractivity contribution in [1.82, 2.24) is 0 Å². The van der Waals surface area contributed by atoms with Crippen LogP contribution < -0.4 is 15.9 Å². The van der Waals surface area contributed by atoms with Gasteiger partial charge in [-0.2, -0.15) is 0 Å². The van der Waals surface area contributed by atoms with Gasteiger partial charge in [0.15, 0.2) is 0 Å². The van der Waals surface area contributed by atoms with E-state index in [1.807, 2.05) is 0 Å². The first-order valence-electron chi connectivity index (χ1n) is 6.98. The Morgan fingerprint density at radius 1 is 0.476 bits per heavy atom. The van der Waals surface area contributed by atoms with Gasteiger partial charge in [-0.05, 0) is 0 Å². The average Bonchev–Trinajstić information content (AvgIpc) is 2.56. The van der Waals surface area contributed by atoms with E-state index in [1.54, 1.807) is 0 Å². The second kappa shape index (κ2) is 7.20. The summed E-state index contributed by atoms with van der Waals surface area (Å²) in [6, 6.07) is 32.8. The Kier molecular flexibility index (Phi) is 5.55. The Labute approximate surface area is 144 Å². The predicted molar refractivity (Wildman–Crippen MR) is 108 cm³/mol. The van der Waals surface area contributed by atoms with E-state index >= 15 is 0 Å². The molecule has 3 rings (SSSR count). The van der Waals surface area contributed by atoms with Crippen LogP contribution >= 0.6 is 31.2 Å². The maximum absolute atomic E-state index is 2.44. The molecule has 21 heavy (non-hydrogen) atoms. The molecule has 0 atom stereocenters. The number of halogens is 1. The summed E-state index contributed by atoms with van der Waals surface area (Å²) in [4.78, 5) is 0. The van der Waals surface area contributed by atoms with Gasteiger partial charge >= 0.3 is 121 Å². The fourth-order valence-corrected chi connectivity index (χ4v) is 6.39. The predicted octanol–water partition coefficient (Wildman–Crippen LogP) is 3.96. The smallest absolute Gasteiger partial charge is 0.107 e. The molecule has 3 aromatic rings. The summed E-state index contributed by atoms with van der Waals surface area (Å²) in [5, 5.41) is 4.37. The van der Waals surface area contributed by atoms with Crippen LogP contribution in [0.25, 0.3) is 0 Å². The van der Waals surface area contributed by atoms with E-state index in [9.17, 15) is 0 Å². The summed E-state index contributed by atoms with van der Waals surface area (Å²) in [5.41, 5.74) is 0. The molecule has 0 aliphatic rings. The van der Waals surface area contributed by atoms with Crippen LogP contribution in [0.4, 0.5) is 0 Å². The van der Waals surface area contributed by atoms with E-state index in [4.69, 9.17) is 0 Å². The first kappa shape index (κ1) is 16.2. The summed E-state index contributed by atoms with van der Waals surface area (Å²) >= 11 is 0. The SMILES string of the molecule is C[PH](c1ccccc1)(c1ccccc1)c1ccccc1.I. The van der Waals surface area contributed by atoms with Gasteiger partial charge in [-0.3, -0.25) is 0 Å². The molecule has 0 aliphatic carbocycles. The minimum absolute atomic E-state index is 0. The van der Waals surface area contributed by atoms with Gasteiger partial charge in [0.25, 0.3) is 0 Å². The van der Waals surface area contributed by atoms with Crippen LogP contribution in [0.1, 0.15) is 0 Å². The van der Waals surface area contributed by atoms with E-state index in [2.05, 4.69) is 97.7 Å². The molecule has 2 heteroatoms. The molecule has 0 N–H and O–H groups in total. The Balaban J connectivity index is 0.00000161. The molecule has 108 valence electrons. The van der Waals surface area contributed by atoms with Crippen molar-refractivity contribution in [2.75, 3.05) is 6.66 Å². The summed E-state index contributed by atoms with van der Waals surface area (Å²) in [6.45, 7) is 2.44. The molecule has 0 aliphatic heterocycles. The van der Waals surface area contributed by atoms with Crippen molar-refractivity contribution in [3.8, 4) is 0 Å². The Morgan fingerprint density at radius 3 is 0.952 bits per heavy atom. The molecule has 3 aromatic carbocycles. The summed E-state index contributed by atoms with van der Waals surface area (Å²) < 4.78 is 0. The number of benzene rings is 3. The minimum Gasteiger partial charge on any atom is -0.107 e. The molecular formula is C19H20IP. The van der Waals surface area contributed by atoms with Gasteiger partial charge in [-0.15, -0.1) is 24.0 Å². The van der Waals surface area contributed by atoms with Gasteiger partial charge in [0.2, 0.25) is 0 Å².